The van der Waals surface area contributed by atoms with Crippen molar-refractivity contribution in [1.82, 2.24) is 24.8 Å². The standard InChI is InChI=1S/C14H20N6O3/c1-10-5-13(23-18-10)17-14(21)11(2)19-3-4-22-12(6-19)7-20-9-15-8-16-20/h5,8-9,11-12H,3-4,6-7H2,1-2H3,(H,17,21)/t11-,12-/m0/s1. The fourth-order valence-corrected chi connectivity index (χ4v) is 2.55. The lowest BCUT2D eigenvalue weighted by Crippen LogP contribution is -2.51. The molecular weight excluding hydrogens is 300 g/mol. The predicted octanol–water partition coefficient (Wildman–Crippen LogP) is 0.303. The average Bonchev–Trinajstić information content (AvgIpc) is 3.18. The van der Waals surface area contributed by atoms with Gasteiger partial charge in [0, 0.05) is 19.2 Å². The highest BCUT2D eigenvalue weighted by Gasteiger charge is 2.28. The molecule has 2 atom stereocenters. The number of amides is 1. The Labute approximate surface area is 133 Å². The van der Waals surface area contributed by atoms with Crippen molar-refractivity contribution >= 4 is 11.8 Å². The maximum absolute atomic E-state index is 12.3. The zero-order chi connectivity index (χ0) is 16.2. The van der Waals surface area contributed by atoms with Gasteiger partial charge in [-0.2, -0.15) is 5.10 Å². The molecule has 0 spiro atoms. The summed E-state index contributed by atoms with van der Waals surface area (Å²) in [5.74, 6) is 0.245. The number of aromatic nitrogens is 4. The van der Waals surface area contributed by atoms with Gasteiger partial charge in [-0.25, -0.2) is 4.98 Å². The molecular formula is C14H20N6O3. The van der Waals surface area contributed by atoms with E-state index in [0.29, 0.717) is 32.1 Å². The molecule has 9 nitrogen and oxygen atoms in total. The number of morpholine rings is 1. The van der Waals surface area contributed by atoms with Crippen molar-refractivity contribution in [3.8, 4) is 0 Å². The molecule has 2 aromatic heterocycles. The summed E-state index contributed by atoms with van der Waals surface area (Å²) in [4.78, 5) is 18.3. The first-order valence-corrected chi connectivity index (χ1v) is 7.54. The molecule has 1 N–H and O–H groups in total. The van der Waals surface area contributed by atoms with Crippen LogP contribution in [0, 0.1) is 6.92 Å². The highest BCUT2D eigenvalue weighted by atomic mass is 16.5. The van der Waals surface area contributed by atoms with Crippen molar-refractivity contribution < 1.29 is 14.1 Å². The van der Waals surface area contributed by atoms with Crippen LogP contribution < -0.4 is 5.32 Å². The highest BCUT2D eigenvalue weighted by molar-refractivity contribution is 5.93. The number of rotatable bonds is 5. The van der Waals surface area contributed by atoms with Gasteiger partial charge in [-0.3, -0.25) is 19.7 Å². The lowest BCUT2D eigenvalue weighted by atomic mass is 10.2. The molecule has 124 valence electrons. The van der Waals surface area contributed by atoms with Crippen molar-refractivity contribution in [1.29, 1.82) is 0 Å². The molecule has 3 heterocycles. The number of carbonyl (C=O) groups excluding carboxylic acids is 1. The second-order valence-corrected chi connectivity index (χ2v) is 5.60. The third-order valence-electron chi connectivity index (χ3n) is 3.83. The Morgan fingerprint density at radius 2 is 2.43 bits per heavy atom. The van der Waals surface area contributed by atoms with Crippen LogP contribution in [0.4, 0.5) is 5.88 Å². The van der Waals surface area contributed by atoms with Gasteiger partial charge in [0.05, 0.1) is 31.0 Å². The Hall–Kier alpha value is -2.26. The lowest BCUT2D eigenvalue weighted by Gasteiger charge is -2.35. The number of nitrogens with zero attached hydrogens (tertiary/aromatic N) is 5. The maximum Gasteiger partial charge on any atom is 0.243 e. The Balaban J connectivity index is 1.55. The molecule has 1 aliphatic rings. The van der Waals surface area contributed by atoms with Gasteiger partial charge in [-0.15, -0.1) is 0 Å². The first kappa shape index (κ1) is 15.6. The van der Waals surface area contributed by atoms with Crippen molar-refractivity contribution in [3.05, 3.63) is 24.4 Å². The number of hydrogen-bond acceptors (Lipinski definition) is 7. The van der Waals surface area contributed by atoms with Crippen molar-refractivity contribution in [2.45, 2.75) is 32.5 Å². The van der Waals surface area contributed by atoms with E-state index in [-0.39, 0.29) is 18.1 Å². The van der Waals surface area contributed by atoms with E-state index in [4.69, 9.17) is 9.26 Å². The zero-order valence-corrected chi connectivity index (χ0v) is 13.2. The Kier molecular flexibility index (Phi) is 4.68. The van der Waals surface area contributed by atoms with Crippen LogP contribution in [0.1, 0.15) is 12.6 Å². The van der Waals surface area contributed by atoms with E-state index < -0.39 is 0 Å². The number of hydrogen-bond donors (Lipinski definition) is 1. The van der Waals surface area contributed by atoms with Crippen LogP contribution in [0.5, 0.6) is 0 Å². The molecule has 23 heavy (non-hydrogen) atoms. The third-order valence-corrected chi connectivity index (χ3v) is 3.83. The SMILES string of the molecule is Cc1cc(NC(=O)[C@H](C)N2CCO[C@H](Cn3cncn3)C2)on1. The molecule has 1 amide bonds. The molecule has 0 aliphatic carbocycles. The number of aryl methyl sites for hydroxylation is 1. The second-order valence-electron chi connectivity index (χ2n) is 5.60. The molecule has 0 aromatic carbocycles. The Morgan fingerprint density at radius 1 is 1.57 bits per heavy atom. The molecule has 1 fully saturated rings. The second kappa shape index (κ2) is 6.88. The number of ether oxygens (including phenoxy) is 1. The summed E-state index contributed by atoms with van der Waals surface area (Å²) in [6.07, 6.45) is 3.13. The highest BCUT2D eigenvalue weighted by Crippen LogP contribution is 2.14. The van der Waals surface area contributed by atoms with E-state index in [0.717, 1.165) is 5.69 Å². The van der Waals surface area contributed by atoms with Gasteiger partial charge < -0.3 is 9.26 Å². The number of nitrogens with one attached hydrogen (secondary N) is 1. The summed E-state index contributed by atoms with van der Waals surface area (Å²) in [7, 11) is 0. The largest absolute Gasteiger partial charge is 0.374 e. The molecule has 0 radical (unpaired) electrons. The van der Waals surface area contributed by atoms with E-state index in [1.807, 2.05) is 6.92 Å². The van der Waals surface area contributed by atoms with Crippen molar-refractivity contribution in [2.75, 3.05) is 25.0 Å². The fourth-order valence-electron chi connectivity index (χ4n) is 2.55. The summed E-state index contributed by atoms with van der Waals surface area (Å²) < 4.78 is 12.5. The molecule has 3 rings (SSSR count). The van der Waals surface area contributed by atoms with Crippen molar-refractivity contribution in [2.24, 2.45) is 0 Å². The van der Waals surface area contributed by atoms with Crippen molar-refractivity contribution in [3.63, 3.8) is 0 Å². The normalized spacial score (nSPS) is 20.3. The number of carbonyl (C=O) groups is 1. The van der Waals surface area contributed by atoms with Crippen LogP contribution in [0.3, 0.4) is 0 Å². The van der Waals surface area contributed by atoms with Crippen LogP contribution in [0.15, 0.2) is 23.2 Å². The van der Waals surface area contributed by atoms with E-state index >= 15 is 0 Å². The monoisotopic (exact) mass is 320 g/mol. The molecule has 0 bridgehead atoms. The van der Waals surface area contributed by atoms with Gasteiger partial charge in [0.2, 0.25) is 11.8 Å². The fraction of sp³-hybridized carbons (Fsp3) is 0.571. The van der Waals surface area contributed by atoms with Gasteiger partial charge >= 0.3 is 0 Å². The van der Waals surface area contributed by atoms with Crippen LogP contribution in [0.2, 0.25) is 0 Å². The molecule has 0 unspecified atom stereocenters. The molecule has 2 aromatic rings. The van der Waals surface area contributed by atoms with Crippen LogP contribution >= 0.6 is 0 Å². The minimum absolute atomic E-state index is 0.0202. The predicted molar refractivity (Wildman–Crippen MR) is 80.7 cm³/mol. The molecule has 9 heteroatoms. The van der Waals surface area contributed by atoms with Gasteiger partial charge in [0.15, 0.2) is 0 Å². The summed E-state index contributed by atoms with van der Waals surface area (Å²) in [5.41, 5.74) is 0.729. The van der Waals surface area contributed by atoms with Crippen LogP contribution in [-0.2, 0) is 16.1 Å². The van der Waals surface area contributed by atoms with Gasteiger partial charge in [0.25, 0.3) is 0 Å². The van der Waals surface area contributed by atoms with Crippen LogP contribution in [-0.4, -0.2) is 62.6 Å². The molecule has 1 aliphatic heterocycles. The Morgan fingerprint density at radius 3 is 3.13 bits per heavy atom. The zero-order valence-electron chi connectivity index (χ0n) is 13.2. The van der Waals surface area contributed by atoms with E-state index in [1.165, 1.54) is 6.33 Å². The topological polar surface area (TPSA) is 98.3 Å². The quantitative estimate of drug-likeness (QED) is 0.846. The first-order valence-electron chi connectivity index (χ1n) is 7.54. The summed E-state index contributed by atoms with van der Waals surface area (Å²) in [6.45, 7) is 6.24. The average molecular weight is 320 g/mol. The maximum atomic E-state index is 12.3. The van der Waals surface area contributed by atoms with E-state index in [2.05, 4.69) is 25.5 Å². The third kappa shape index (κ3) is 3.93. The smallest absolute Gasteiger partial charge is 0.243 e. The first-order chi connectivity index (χ1) is 11.1. The van der Waals surface area contributed by atoms with Gasteiger partial charge in [-0.1, -0.05) is 5.16 Å². The lowest BCUT2D eigenvalue weighted by molar-refractivity contribution is -0.124. The van der Waals surface area contributed by atoms with Gasteiger partial charge in [0.1, 0.15) is 12.7 Å². The number of anilines is 1. The minimum atomic E-state index is -0.289. The summed E-state index contributed by atoms with van der Waals surface area (Å²) in [5, 5.41) is 10.6. The van der Waals surface area contributed by atoms with E-state index in [9.17, 15) is 4.79 Å². The minimum Gasteiger partial charge on any atom is -0.374 e. The van der Waals surface area contributed by atoms with E-state index in [1.54, 1.807) is 24.0 Å². The molecule has 0 saturated carbocycles. The van der Waals surface area contributed by atoms with Crippen LogP contribution in [0.25, 0.3) is 0 Å². The van der Waals surface area contributed by atoms with Gasteiger partial charge in [-0.05, 0) is 13.8 Å². The molecule has 1 saturated heterocycles. The summed E-state index contributed by atoms with van der Waals surface area (Å²) in [6, 6.07) is 1.40. The Bertz CT molecular complexity index is 641. The summed E-state index contributed by atoms with van der Waals surface area (Å²) >= 11 is 0.